The van der Waals surface area contributed by atoms with Gasteiger partial charge in [-0.05, 0) is 36.1 Å². The molecule has 0 aliphatic rings. The lowest BCUT2D eigenvalue weighted by atomic mass is 9.82. The highest BCUT2D eigenvalue weighted by Crippen LogP contribution is 2.29. The van der Waals surface area contributed by atoms with Gasteiger partial charge in [-0.2, -0.15) is 4.98 Å². The third-order valence-electron chi connectivity index (χ3n) is 3.81. The molecule has 0 spiro atoms. The molecule has 0 bridgehead atoms. The second-order valence-electron chi connectivity index (χ2n) is 5.75. The molecule has 0 saturated carbocycles. The first-order valence-electron chi connectivity index (χ1n) is 7.48. The van der Waals surface area contributed by atoms with Crippen LogP contribution in [0, 0.1) is 0 Å². The Kier molecular flexibility index (Phi) is 5.02. The van der Waals surface area contributed by atoms with Crippen LogP contribution in [0.2, 0.25) is 0 Å². The zero-order valence-electron chi connectivity index (χ0n) is 13.3. The topological polar surface area (TPSA) is 47.3 Å². The summed E-state index contributed by atoms with van der Waals surface area (Å²) in [7, 11) is 0. The summed E-state index contributed by atoms with van der Waals surface area (Å²) in [6, 6.07) is 8.12. The lowest BCUT2D eigenvalue weighted by Gasteiger charge is -2.23. The Labute approximate surface area is 126 Å². The van der Waals surface area contributed by atoms with E-state index >= 15 is 0 Å². The number of aromatic nitrogens is 1. The number of nitrogens with zero attached hydrogens (tertiary/aromatic N) is 1. The van der Waals surface area contributed by atoms with Crippen LogP contribution in [0.4, 0.5) is 0 Å². The van der Waals surface area contributed by atoms with Crippen LogP contribution >= 0.6 is 0 Å². The van der Waals surface area contributed by atoms with Gasteiger partial charge in [-0.15, -0.1) is 0 Å². The van der Waals surface area contributed by atoms with Gasteiger partial charge >= 0.3 is 6.08 Å². The van der Waals surface area contributed by atoms with Crippen LogP contribution in [0.25, 0.3) is 0 Å². The van der Waals surface area contributed by atoms with Gasteiger partial charge in [0.2, 0.25) is 0 Å². The van der Waals surface area contributed by atoms with Crippen molar-refractivity contribution in [1.82, 2.24) is 10.3 Å². The van der Waals surface area contributed by atoms with Gasteiger partial charge < -0.3 is 14.5 Å². The summed E-state index contributed by atoms with van der Waals surface area (Å²) in [5.74, 6) is 0.738. The maximum atomic E-state index is 5.63. The van der Waals surface area contributed by atoms with Crippen molar-refractivity contribution >= 4 is 0 Å². The molecule has 2 aromatic rings. The van der Waals surface area contributed by atoms with Crippen molar-refractivity contribution in [3.8, 4) is 11.8 Å². The van der Waals surface area contributed by atoms with E-state index in [4.69, 9.17) is 9.15 Å². The molecule has 1 aromatic heterocycles. The van der Waals surface area contributed by atoms with Gasteiger partial charge in [-0.3, -0.25) is 0 Å². The Balaban J connectivity index is 2.01. The van der Waals surface area contributed by atoms with Gasteiger partial charge in [0.1, 0.15) is 12.0 Å². The Morgan fingerprint density at radius 3 is 2.52 bits per heavy atom. The fourth-order valence-electron chi connectivity index (χ4n) is 1.95. The van der Waals surface area contributed by atoms with E-state index in [2.05, 4.69) is 50.1 Å². The molecule has 2 rings (SSSR count). The molecular formula is C17H24N2O2. The molecule has 0 aliphatic heterocycles. The molecule has 4 nitrogen and oxygen atoms in total. The Hall–Kier alpha value is -1.81. The molecule has 1 N–H and O–H groups in total. The minimum absolute atomic E-state index is 0.181. The van der Waals surface area contributed by atoms with E-state index in [0.717, 1.165) is 24.4 Å². The molecule has 4 heteroatoms. The maximum absolute atomic E-state index is 5.63. The largest absolute Gasteiger partial charge is 0.417 e. The lowest BCUT2D eigenvalue weighted by Crippen LogP contribution is -2.14. The van der Waals surface area contributed by atoms with Gasteiger partial charge in [0.15, 0.2) is 0 Å². The summed E-state index contributed by atoms with van der Waals surface area (Å²) in [6.07, 6.45) is 3.00. The normalized spacial score (nSPS) is 11.6. The molecule has 0 fully saturated rings. The van der Waals surface area contributed by atoms with Crippen LogP contribution in [0.15, 0.2) is 34.9 Å². The van der Waals surface area contributed by atoms with Crippen LogP contribution in [-0.2, 0) is 12.0 Å². The Bertz CT molecular complexity index is 558. The fraction of sp³-hybridized carbons (Fsp3) is 0.471. The minimum Gasteiger partial charge on any atom is -0.417 e. The third kappa shape index (κ3) is 4.08. The monoisotopic (exact) mass is 288 g/mol. The zero-order valence-corrected chi connectivity index (χ0v) is 13.3. The average molecular weight is 288 g/mol. The molecule has 0 amide bonds. The van der Waals surface area contributed by atoms with E-state index in [1.165, 1.54) is 5.56 Å². The lowest BCUT2D eigenvalue weighted by molar-refractivity contribution is 0.330. The van der Waals surface area contributed by atoms with E-state index in [9.17, 15) is 0 Å². The second-order valence-corrected chi connectivity index (χ2v) is 5.75. The SMILES string of the molecule is CCNCc1coc(Oc2ccc(C(C)(C)CC)cc2)n1. The quantitative estimate of drug-likeness (QED) is 0.826. The molecule has 0 radical (unpaired) electrons. The molecule has 0 aliphatic carbocycles. The highest BCUT2D eigenvalue weighted by atomic mass is 16.6. The predicted molar refractivity (Wildman–Crippen MR) is 83.7 cm³/mol. The summed E-state index contributed by atoms with van der Waals surface area (Å²) in [5, 5.41) is 3.19. The molecule has 0 saturated heterocycles. The molecule has 21 heavy (non-hydrogen) atoms. The number of nitrogens with one attached hydrogen (secondary N) is 1. The molecular weight excluding hydrogens is 264 g/mol. The standard InChI is InChI=1S/C17H24N2O2/c1-5-17(3,4)13-7-9-15(10-8-13)21-16-19-14(12-20-16)11-18-6-2/h7-10,12,18H,5-6,11H2,1-4H3. The van der Waals surface area contributed by atoms with Crippen molar-refractivity contribution in [2.24, 2.45) is 0 Å². The van der Waals surface area contributed by atoms with Crippen LogP contribution in [0.1, 0.15) is 45.4 Å². The van der Waals surface area contributed by atoms with Gasteiger partial charge in [0.25, 0.3) is 0 Å². The van der Waals surface area contributed by atoms with Crippen LogP contribution in [-0.4, -0.2) is 11.5 Å². The maximum Gasteiger partial charge on any atom is 0.399 e. The summed E-state index contributed by atoms with van der Waals surface area (Å²) >= 11 is 0. The average Bonchev–Trinajstić information content (AvgIpc) is 2.93. The molecule has 1 heterocycles. The summed E-state index contributed by atoms with van der Waals surface area (Å²) < 4.78 is 10.9. The summed E-state index contributed by atoms with van der Waals surface area (Å²) in [6.45, 7) is 10.3. The van der Waals surface area contributed by atoms with Gasteiger partial charge in [0.05, 0.1) is 5.69 Å². The number of ether oxygens (including phenoxy) is 1. The van der Waals surface area contributed by atoms with Crippen LogP contribution < -0.4 is 10.1 Å². The van der Waals surface area contributed by atoms with Crippen molar-refractivity contribution in [2.75, 3.05) is 6.54 Å². The van der Waals surface area contributed by atoms with Crippen molar-refractivity contribution < 1.29 is 9.15 Å². The number of oxazole rings is 1. The highest BCUT2D eigenvalue weighted by Gasteiger charge is 2.17. The highest BCUT2D eigenvalue weighted by molar-refractivity contribution is 5.32. The Morgan fingerprint density at radius 2 is 1.90 bits per heavy atom. The fourth-order valence-corrected chi connectivity index (χ4v) is 1.95. The Morgan fingerprint density at radius 1 is 1.19 bits per heavy atom. The van der Waals surface area contributed by atoms with Crippen LogP contribution in [0.3, 0.4) is 0 Å². The minimum atomic E-state index is 0.181. The van der Waals surface area contributed by atoms with Gasteiger partial charge in [-0.1, -0.05) is 39.8 Å². The van der Waals surface area contributed by atoms with Gasteiger partial charge in [0, 0.05) is 6.54 Å². The van der Waals surface area contributed by atoms with E-state index in [0.29, 0.717) is 6.54 Å². The van der Waals surface area contributed by atoms with E-state index in [1.54, 1.807) is 6.26 Å². The summed E-state index contributed by atoms with van der Waals surface area (Å²) in [4.78, 5) is 4.28. The number of rotatable bonds is 7. The van der Waals surface area contributed by atoms with Crippen LogP contribution in [0.5, 0.6) is 11.8 Å². The van der Waals surface area contributed by atoms with Crippen molar-refractivity contribution in [2.45, 2.75) is 46.1 Å². The van der Waals surface area contributed by atoms with E-state index < -0.39 is 0 Å². The second kappa shape index (κ2) is 6.76. The zero-order chi connectivity index (χ0) is 15.3. The number of hydrogen-bond donors (Lipinski definition) is 1. The number of benzene rings is 1. The van der Waals surface area contributed by atoms with Crippen molar-refractivity contribution in [3.63, 3.8) is 0 Å². The molecule has 1 aromatic carbocycles. The third-order valence-corrected chi connectivity index (χ3v) is 3.81. The molecule has 0 unspecified atom stereocenters. The van der Waals surface area contributed by atoms with E-state index in [-0.39, 0.29) is 11.5 Å². The van der Waals surface area contributed by atoms with Crippen molar-refractivity contribution in [1.29, 1.82) is 0 Å². The molecule has 0 atom stereocenters. The van der Waals surface area contributed by atoms with Crippen molar-refractivity contribution in [3.05, 3.63) is 41.8 Å². The number of hydrogen-bond acceptors (Lipinski definition) is 4. The van der Waals surface area contributed by atoms with E-state index in [1.807, 2.05) is 12.1 Å². The first kappa shape index (κ1) is 15.6. The predicted octanol–water partition coefficient (Wildman–Crippen LogP) is 4.26. The summed E-state index contributed by atoms with van der Waals surface area (Å²) in [5.41, 5.74) is 2.33. The molecule has 114 valence electrons. The smallest absolute Gasteiger partial charge is 0.399 e. The van der Waals surface area contributed by atoms with Gasteiger partial charge in [-0.25, -0.2) is 0 Å². The first-order valence-corrected chi connectivity index (χ1v) is 7.48. The first-order chi connectivity index (χ1) is 10.0.